The van der Waals surface area contributed by atoms with Gasteiger partial charge in [0.15, 0.2) is 28.6 Å². The predicted molar refractivity (Wildman–Crippen MR) is 81.1 cm³/mol. The van der Waals surface area contributed by atoms with Crippen LogP contribution in [0.4, 0.5) is 0 Å². The largest absolute Gasteiger partial charge is 0.508 e. The molecule has 7 nitrogen and oxygen atoms in total. The Kier molecular flexibility index (Phi) is 3.25. The third kappa shape index (κ3) is 2.28. The van der Waals surface area contributed by atoms with Crippen molar-refractivity contribution in [3.8, 4) is 40.1 Å². The number of phenols is 4. The normalized spacial score (nSPS) is 10.8. The molecule has 0 saturated heterocycles. The maximum Gasteiger partial charge on any atom is 0.235 e. The number of methoxy groups -OCH3 is 1. The summed E-state index contributed by atoms with van der Waals surface area (Å²) >= 11 is 0. The maximum absolute atomic E-state index is 12.5. The van der Waals surface area contributed by atoms with Gasteiger partial charge < -0.3 is 29.6 Å². The summed E-state index contributed by atoms with van der Waals surface area (Å²) in [6.45, 7) is 0. The molecule has 0 aliphatic carbocycles. The second kappa shape index (κ2) is 5.13. The van der Waals surface area contributed by atoms with E-state index in [-0.39, 0.29) is 39.5 Å². The van der Waals surface area contributed by atoms with Crippen LogP contribution >= 0.6 is 0 Å². The van der Waals surface area contributed by atoms with E-state index in [4.69, 9.17) is 9.15 Å². The summed E-state index contributed by atoms with van der Waals surface area (Å²) in [5.41, 5.74) is -0.456. The number of hydrogen-bond donors (Lipinski definition) is 4. The minimum Gasteiger partial charge on any atom is -0.508 e. The van der Waals surface area contributed by atoms with E-state index in [9.17, 15) is 25.2 Å². The Labute approximate surface area is 129 Å². The SMILES string of the molecule is COc1c(-c2ccc(O)c(O)c2)oc2c(O)cc(O)cc2c1=O. The first-order valence-electron chi connectivity index (χ1n) is 6.51. The highest BCUT2D eigenvalue weighted by atomic mass is 16.5. The lowest BCUT2D eigenvalue weighted by molar-refractivity contribution is 0.394. The molecular formula is C16H12O7. The molecule has 7 heteroatoms. The van der Waals surface area contributed by atoms with Crippen LogP contribution < -0.4 is 10.2 Å². The fourth-order valence-corrected chi connectivity index (χ4v) is 2.29. The van der Waals surface area contributed by atoms with Crippen LogP contribution in [0.25, 0.3) is 22.3 Å². The van der Waals surface area contributed by atoms with Crippen LogP contribution in [0.15, 0.2) is 39.5 Å². The van der Waals surface area contributed by atoms with Crippen molar-refractivity contribution in [1.29, 1.82) is 0 Å². The van der Waals surface area contributed by atoms with Crippen LogP contribution in [-0.2, 0) is 0 Å². The lowest BCUT2D eigenvalue weighted by Gasteiger charge is -2.10. The van der Waals surface area contributed by atoms with Crippen molar-refractivity contribution in [2.75, 3.05) is 7.11 Å². The van der Waals surface area contributed by atoms with Gasteiger partial charge in [-0.15, -0.1) is 0 Å². The Morgan fingerprint density at radius 2 is 1.70 bits per heavy atom. The maximum atomic E-state index is 12.5. The van der Waals surface area contributed by atoms with Crippen molar-refractivity contribution in [3.05, 3.63) is 40.6 Å². The summed E-state index contributed by atoms with van der Waals surface area (Å²) in [6, 6.07) is 6.03. The van der Waals surface area contributed by atoms with Crippen LogP contribution in [0.1, 0.15) is 0 Å². The highest BCUT2D eigenvalue weighted by Gasteiger charge is 2.20. The Balaban J connectivity index is 2.41. The van der Waals surface area contributed by atoms with E-state index in [1.165, 1.54) is 25.3 Å². The number of fused-ring (bicyclic) bond motifs is 1. The summed E-state index contributed by atoms with van der Waals surface area (Å²) < 4.78 is 10.6. The third-order valence-electron chi connectivity index (χ3n) is 3.36. The first kappa shape index (κ1) is 14.6. The van der Waals surface area contributed by atoms with Gasteiger partial charge in [-0.25, -0.2) is 0 Å². The molecule has 0 unspecified atom stereocenters. The molecule has 1 aromatic heterocycles. The molecule has 2 aromatic carbocycles. The molecule has 0 radical (unpaired) electrons. The minimum atomic E-state index is -0.595. The molecule has 0 saturated carbocycles. The fourth-order valence-electron chi connectivity index (χ4n) is 2.29. The second-order valence-electron chi connectivity index (χ2n) is 4.84. The molecule has 0 bridgehead atoms. The van der Waals surface area contributed by atoms with E-state index in [1.807, 2.05) is 0 Å². The van der Waals surface area contributed by atoms with Gasteiger partial charge in [0.2, 0.25) is 11.2 Å². The molecule has 23 heavy (non-hydrogen) atoms. The zero-order valence-electron chi connectivity index (χ0n) is 11.9. The number of ether oxygens (including phenoxy) is 1. The van der Waals surface area contributed by atoms with E-state index in [0.29, 0.717) is 0 Å². The van der Waals surface area contributed by atoms with Crippen LogP contribution in [0.3, 0.4) is 0 Å². The Bertz CT molecular complexity index is 972. The number of rotatable bonds is 2. The van der Waals surface area contributed by atoms with Gasteiger partial charge >= 0.3 is 0 Å². The molecule has 118 valence electrons. The summed E-state index contributed by atoms with van der Waals surface area (Å²) in [6.07, 6.45) is 0. The highest BCUT2D eigenvalue weighted by molar-refractivity contribution is 5.87. The summed E-state index contributed by atoms with van der Waals surface area (Å²) in [7, 11) is 1.27. The summed E-state index contributed by atoms with van der Waals surface area (Å²) in [5.74, 6) is -1.62. The average Bonchev–Trinajstić information content (AvgIpc) is 2.50. The van der Waals surface area contributed by atoms with Gasteiger partial charge in [-0.05, 0) is 24.3 Å². The quantitative estimate of drug-likeness (QED) is 0.535. The zero-order valence-corrected chi connectivity index (χ0v) is 11.9. The molecule has 3 rings (SSSR count). The van der Waals surface area contributed by atoms with Gasteiger partial charge in [0.05, 0.1) is 12.5 Å². The topological polar surface area (TPSA) is 120 Å². The van der Waals surface area contributed by atoms with Gasteiger partial charge in [0, 0.05) is 11.6 Å². The van der Waals surface area contributed by atoms with E-state index < -0.39 is 16.9 Å². The number of hydrogen-bond acceptors (Lipinski definition) is 7. The van der Waals surface area contributed by atoms with Crippen LogP contribution in [-0.4, -0.2) is 27.5 Å². The minimum absolute atomic E-state index is 0.0266. The van der Waals surface area contributed by atoms with Gasteiger partial charge in [-0.3, -0.25) is 4.79 Å². The van der Waals surface area contributed by atoms with Crippen molar-refractivity contribution in [1.82, 2.24) is 0 Å². The molecule has 0 spiro atoms. The van der Waals surface area contributed by atoms with E-state index >= 15 is 0 Å². The van der Waals surface area contributed by atoms with E-state index in [2.05, 4.69) is 0 Å². The van der Waals surface area contributed by atoms with Crippen molar-refractivity contribution >= 4 is 11.0 Å². The van der Waals surface area contributed by atoms with E-state index in [1.54, 1.807) is 0 Å². The number of phenolic OH excluding ortho intramolecular Hbond substituents is 4. The van der Waals surface area contributed by atoms with Gasteiger partial charge in [0.1, 0.15) is 5.75 Å². The van der Waals surface area contributed by atoms with Gasteiger partial charge in [0.25, 0.3) is 0 Å². The Morgan fingerprint density at radius 1 is 0.957 bits per heavy atom. The molecule has 3 aromatic rings. The molecule has 0 amide bonds. The van der Waals surface area contributed by atoms with Crippen LogP contribution in [0.5, 0.6) is 28.7 Å². The highest BCUT2D eigenvalue weighted by Crippen LogP contribution is 2.38. The summed E-state index contributed by atoms with van der Waals surface area (Å²) in [4.78, 5) is 12.5. The molecule has 0 atom stereocenters. The van der Waals surface area contributed by atoms with Gasteiger partial charge in [-0.2, -0.15) is 0 Å². The van der Waals surface area contributed by atoms with Crippen molar-refractivity contribution in [2.24, 2.45) is 0 Å². The van der Waals surface area contributed by atoms with Crippen LogP contribution in [0.2, 0.25) is 0 Å². The molecule has 0 aliphatic heterocycles. The smallest absolute Gasteiger partial charge is 0.235 e. The lowest BCUT2D eigenvalue weighted by atomic mass is 10.1. The first-order chi connectivity index (χ1) is 10.9. The molecule has 1 heterocycles. The summed E-state index contributed by atoms with van der Waals surface area (Å²) in [5, 5.41) is 38.3. The standard InChI is InChI=1S/C16H12O7/c1-22-16-13(21)9-5-8(17)6-12(20)15(9)23-14(16)7-2-3-10(18)11(19)4-7/h2-6,17-20H,1H3. The number of benzene rings is 2. The lowest BCUT2D eigenvalue weighted by Crippen LogP contribution is -2.07. The monoisotopic (exact) mass is 316 g/mol. The number of aromatic hydroxyl groups is 4. The Hall–Kier alpha value is -3.35. The van der Waals surface area contributed by atoms with Crippen LogP contribution in [0, 0.1) is 0 Å². The van der Waals surface area contributed by atoms with Crippen molar-refractivity contribution < 1.29 is 29.6 Å². The second-order valence-corrected chi connectivity index (χ2v) is 4.84. The third-order valence-corrected chi connectivity index (χ3v) is 3.36. The van der Waals surface area contributed by atoms with Crippen molar-refractivity contribution in [2.45, 2.75) is 0 Å². The molecular weight excluding hydrogens is 304 g/mol. The molecule has 0 fully saturated rings. The Morgan fingerprint density at radius 3 is 2.35 bits per heavy atom. The zero-order chi connectivity index (χ0) is 16.7. The molecule has 4 N–H and O–H groups in total. The molecule has 0 aliphatic rings. The first-order valence-corrected chi connectivity index (χ1v) is 6.51. The fraction of sp³-hybridized carbons (Fsp3) is 0.0625. The van der Waals surface area contributed by atoms with Gasteiger partial charge in [-0.1, -0.05) is 0 Å². The van der Waals surface area contributed by atoms with E-state index in [0.717, 1.165) is 12.1 Å². The predicted octanol–water partition coefficient (Wildman–Crippen LogP) is 2.29. The van der Waals surface area contributed by atoms with Crippen molar-refractivity contribution in [3.63, 3.8) is 0 Å². The average molecular weight is 316 g/mol.